The first-order chi connectivity index (χ1) is 9.29. The molecule has 0 saturated carbocycles. The maximum Gasteiger partial charge on any atom is 0.251 e. The van der Waals surface area contributed by atoms with Crippen molar-refractivity contribution in [2.75, 3.05) is 6.54 Å². The molecule has 0 aliphatic rings. The predicted molar refractivity (Wildman–Crippen MR) is 72.1 cm³/mol. The summed E-state index contributed by atoms with van der Waals surface area (Å²) in [7, 11) is 0. The number of hydrogen-bond acceptors (Lipinski definition) is 3. The molecule has 1 aromatic heterocycles. The third kappa shape index (κ3) is 3.74. The number of aldehydes is 1. The van der Waals surface area contributed by atoms with E-state index in [1.165, 1.54) is 0 Å². The standard InChI is InChI=1S/C15H14N2O2/c18-11-13-1-3-14(4-2-13)15(19)17-10-7-12-5-8-16-9-6-12/h1-6,8-9,11H,7,10H2,(H,17,19). The van der Waals surface area contributed by atoms with Crippen molar-refractivity contribution in [2.45, 2.75) is 6.42 Å². The molecular weight excluding hydrogens is 240 g/mol. The fourth-order valence-corrected chi connectivity index (χ4v) is 1.68. The number of amides is 1. The van der Waals surface area contributed by atoms with Gasteiger partial charge in [-0.05, 0) is 36.2 Å². The molecule has 0 atom stereocenters. The Kier molecular flexibility index (Phi) is 4.39. The van der Waals surface area contributed by atoms with Gasteiger partial charge < -0.3 is 5.32 Å². The first-order valence-electron chi connectivity index (χ1n) is 6.02. The zero-order chi connectivity index (χ0) is 13.5. The van der Waals surface area contributed by atoms with E-state index in [4.69, 9.17) is 0 Å². The molecule has 2 aromatic rings. The molecule has 0 spiro atoms. The molecule has 0 fully saturated rings. The fourth-order valence-electron chi connectivity index (χ4n) is 1.68. The lowest BCUT2D eigenvalue weighted by molar-refractivity contribution is 0.0953. The molecule has 0 bridgehead atoms. The van der Waals surface area contributed by atoms with Gasteiger partial charge in [-0.2, -0.15) is 0 Å². The summed E-state index contributed by atoms with van der Waals surface area (Å²) < 4.78 is 0. The van der Waals surface area contributed by atoms with Crippen molar-refractivity contribution < 1.29 is 9.59 Å². The second-order valence-electron chi connectivity index (χ2n) is 4.10. The lowest BCUT2D eigenvalue weighted by Crippen LogP contribution is -2.25. The van der Waals surface area contributed by atoms with Gasteiger partial charge in [-0.3, -0.25) is 14.6 Å². The van der Waals surface area contributed by atoms with Gasteiger partial charge in [0.2, 0.25) is 0 Å². The molecule has 1 N–H and O–H groups in total. The summed E-state index contributed by atoms with van der Waals surface area (Å²) in [6, 6.07) is 10.4. The average molecular weight is 254 g/mol. The summed E-state index contributed by atoms with van der Waals surface area (Å²) >= 11 is 0. The van der Waals surface area contributed by atoms with Crippen molar-refractivity contribution in [3.63, 3.8) is 0 Å². The average Bonchev–Trinajstić information content (AvgIpc) is 2.48. The Balaban J connectivity index is 1.85. The monoisotopic (exact) mass is 254 g/mol. The SMILES string of the molecule is O=Cc1ccc(C(=O)NCCc2ccncc2)cc1. The molecule has 0 unspecified atom stereocenters. The van der Waals surface area contributed by atoms with E-state index < -0.39 is 0 Å². The van der Waals surface area contributed by atoms with Crippen LogP contribution in [0.3, 0.4) is 0 Å². The third-order valence-corrected chi connectivity index (χ3v) is 2.76. The summed E-state index contributed by atoms with van der Waals surface area (Å²) in [6.45, 7) is 0.568. The molecule has 1 amide bonds. The minimum absolute atomic E-state index is 0.133. The van der Waals surface area contributed by atoms with Gasteiger partial charge in [0.25, 0.3) is 5.91 Å². The Hall–Kier alpha value is -2.49. The van der Waals surface area contributed by atoms with Crippen LogP contribution in [0.15, 0.2) is 48.8 Å². The molecule has 19 heavy (non-hydrogen) atoms. The number of carbonyl (C=O) groups is 2. The first-order valence-corrected chi connectivity index (χ1v) is 6.02. The summed E-state index contributed by atoms with van der Waals surface area (Å²) in [4.78, 5) is 26.3. The second-order valence-corrected chi connectivity index (χ2v) is 4.10. The number of hydrogen-bond donors (Lipinski definition) is 1. The second kappa shape index (κ2) is 6.44. The predicted octanol–water partition coefficient (Wildman–Crippen LogP) is 1.87. The van der Waals surface area contributed by atoms with Crippen molar-refractivity contribution in [1.82, 2.24) is 10.3 Å². The van der Waals surface area contributed by atoms with E-state index in [9.17, 15) is 9.59 Å². The maximum atomic E-state index is 11.8. The van der Waals surface area contributed by atoms with E-state index >= 15 is 0 Å². The van der Waals surface area contributed by atoms with Crippen LogP contribution in [0.25, 0.3) is 0 Å². The molecule has 96 valence electrons. The summed E-state index contributed by atoms with van der Waals surface area (Å²) in [5.41, 5.74) is 2.25. The highest BCUT2D eigenvalue weighted by Gasteiger charge is 2.04. The van der Waals surface area contributed by atoms with Crippen LogP contribution < -0.4 is 5.32 Å². The molecule has 0 saturated heterocycles. The minimum Gasteiger partial charge on any atom is -0.352 e. The fraction of sp³-hybridized carbons (Fsp3) is 0.133. The number of benzene rings is 1. The summed E-state index contributed by atoms with van der Waals surface area (Å²) in [5, 5.41) is 2.84. The van der Waals surface area contributed by atoms with Gasteiger partial charge in [-0.1, -0.05) is 12.1 Å². The summed E-state index contributed by atoms with van der Waals surface area (Å²) in [6.07, 6.45) is 4.98. The highest BCUT2D eigenvalue weighted by Crippen LogP contribution is 2.02. The van der Waals surface area contributed by atoms with E-state index in [1.807, 2.05) is 12.1 Å². The Labute approximate surface area is 111 Å². The number of pyridine rings is 1. The number of nitrogens with one attached hydrogen (secondary N) is 1. The minimum atomic E-state index is -0.133. The third-order valence-electron chi connectivity index (χ3n) is 2.76. The van der Waals surface area contributed by atoms with Gasteiger partial charge in [-0.15, -0.1) is 0 Å². The van der Waals surface area contributed by atoms with Gasteiger partial charge in [0, 0.05) is 30.1 Å². The van der Waals surface area contributed by atoms with Gasteiger partial charge in [0.15, 0.2) is 0 Å². The van der Waals surface area contributed by atoms with Crippen LogP contribution in [0.5, 0.6) is 0 Å². The van der Waals surface area contributed by atoms with Crippen molar-refractivity contribution in [3.05, 3.63) is 65.5 Å². The van der Waals surface area contributed by atoms with Crippen molar-refractivity contribution in [2.24, 2.45) is 0 Å². The Morgan fingerprint density at radius 3 is 2.42 bits per heavy atom. The van der Waals surface area contributed by atoms with Crippen molar-refractivity contribution >= 4 is 12.2 Å². The van der Waals surface area contributed by atoms with Crippen molar-refractivity contribution in [3.8, 4) is 0 Å². The van der Waals surface area contributed by atoms with Crippen molar-refractivity contribution in [1.29, 1.82) is 0 Å². The molecule has 4 nitrogen and oxygen atoms in total. The lowest BCUT2D eigenvalue weighted by Gasteiger charge is -2.05. The lowest BCUT2D eigenvalue weighted by atomic mass is 10.1. The largest absolute Gasteiger partial charge is 0.352 e. The van der Waals surface area contributed by atoms with Crippen LogP contribution in [-0.2, 0) is 6.42 Å². The zero-order valence-electron chi connectivity index (χ0n) is 10.4. The normalized spacial score (nSPS) is 9.89. The van der Waals surface area contributed by atoms with Gasteiger partial charge in [0.05, 0.1) is 0 Å². The zero-order valence-corrected chi connectivity index (χ0v) is 10.4. The number of aromatic nitrogens is 1. The Bertz CT molecular complexity index is 550. The number of nitrogens with zero attached hydrogens (tertiary/aromatic N) is 1. The molecule has 1 heterocycles. The van der Waals surface area contributed by atoms with E-state index in [0.29, 0.717) is 17.7 Å². The van der Waals surface area contributed by atoms with Crippen LogP contribution in [0.1, 0.15) is 26.3 Å². The molecule has 0 radical (unpaired) electrons. The van der Waals surface area contributed by atoms with E-state index in [2.05, 4.69) is 10.3 Å². The number of rotatable bonds is 5. The van der Waals surface area contributed by atoms with Crippen LogP contribution in [-0.4, -0.2) is 23.7 Å². The van der Waals surface area contributed by atoms with Gasteiger partial charge >= 0.3 is 0 Å². The van der Waals surface area contributed by atoms with Crippen LogP contribution >= 0.6 is 0 Å². The van der Waals surface area contributed by atoms with E-state index in [0.717, 1.165) is 18.3 Å². The molecular formula is C15H14N2O2. The van der Waals surface area contributed by atoms with Crippen LogP contribution in [0, 0.1) is 0 Å². The highest BCUT2D eigenvalue weighted by atomic mass is 16.1. The topological polar surface area (TPSA) is 59.1 Å². The van der Waals surface area contributed by atoms with Gasteiger partial charge in [0.1, 0.15) is 6.29 Å². The van der Waals surface area contributed by atoms with Gasteiger partial charge in [-0.25, -0.2) is 0 Å². The van der Waals surface area contributed by atoms with Crippen LogP contribution in [0.4, 0.5) is 0 Å². The van der Waals surface area contributed by atoms with E-state index in [1.54, 1.807) is 36.7 Å². The Morgan fingerprint density at radius 1 is 1.11 bits per heavy atom. The molecule has 0 aliphatic carbocycles. The molecule has 4 heteroatoms. The summed E-state index contributed by atoms with van der Waals surface area (Å²) in [5.74, 6) is -0.133. The van der Waals surface area contributed by atoms with E-state index in [-0.39, 0.29) is 5.91 Å². The molecule has 2 rings (SSSR count). The first kappa shape index (κ1) is 13.0. The smallest absolute Gasteiger partial charge is 0.251 e. The maximum absolute atomic E-state index is 11.8. The Morgan fingerprint density at radius 2 is 1.79 bits per heavy atom. The van der Waals surface area contributed by atoms with Crippen LogP contribution in [0.2, 0.25) is 0 Å². The quantitative estimate of drug-likeness (QED) is 0.829. The molecule has 1 aromatic carbocycles. The molecule has 0 aliphatic heterocycles. The number of carbonyl (C=O) groups excluding carboxylic acids is 2. The highest BCUT2D eigenvalue weighted by molar-refractivity contribution is 5.94.